The molecule has 1 aromatic heterocycles. The van der Waals surface area contributed by atoms with Gasteiger partial charge in [0.25, 0.3) is 0 Å². The molecule has 1 atom stereocenters. The number of hydrogen-bond acceptors (Lipinski definition) is 5. The molecule has 0 saturated carbocycles. The number of thiol groups is 1. The Balaban J connectivity index is 2.08. The average Bonchev–Trinajstić information content (AvgIpc) is 3.07. The number of oxazole rings is 1. The Morgan fingerprint density at radius 2 is 1.70 bits per heavy atom. The predicted molar refractivity (Wildman–Crippen MR) is 106 cm³/mol. The Kier molecular flexibility index (Phi) is 5.53. The van der Waals surface area contributed by atoms with E-state index >= 15 is 0 Å². The van der Waals surface area contributed by atoms with Gasteiger partial charge in [0.1, 0.15) is 5.69 Å². The van der Waals surface area contributed by atoms with Crippen molar-refractivity contribution >= 4 is 41.8 Å². The number of rotatable bonds is 5. The summed E-state index contributed by atoms with van der Waals surface area (Å²) in [5.41, 5.74) is 2.52. The summed E-state index contributed by atoms with van der Waals surface area (Å²) in [4.78, 5) is 26.8. The molecule has 0 aliphatic heterocycles. The molecule has 0 saturated heterocycles. The lowest BCUT2D eigenvalue weighted by atomic mass is 10.1. The van der Waals surface area contributed by atoms with Crippen LogP contribution < -0.4 is 5.32 Å². The zero-order valence-corrected chi connectivity index (χ0v) is 15.8. The first-order chi connectivity index (χ1) is 12.8. The Bertz CT molecular complexity index is 984. The summed E-state index contributed by atoms with van der Waals surface area (Å²) in [6.07, 6.45) is 0. The van der Waals surface area contributed by atoms with Gasteiger partial charge in [0.05, 0.1) is 0 Å². The lowest BCUT2D eigenvalue weighted by Gasteiger charge is -2.05. The van der Waals surface area contributed by atoms with Crippen molar-refractivity contribution in [2.45, 2.75) is 12.2 Å². The molecule has 3 aromatic rings. The van der Waals surface area contributed by atoms with Gasteiger partial charge < -0.3 is 14.8 Å². The van der Waals surface area contributed by atoms with Gasteiger partial charge >= 0.3 is 5.97 Å². The molecule has 0 radical (unpaired) electrons. The van der Waals surface area contributed by atoms with Gasteiger partial charge in [-0.05, 0) is 36.4 Å². The number of benzene rings is 2. The van der Waals surface area contributed by atoms with E-state index in [9.17, 15) is 14.7 Å². The molecule has 1 heterocycles. The van der Waals surface area contributed by atoms with Gasteiger partial charge in [0.15, 0.2) is 11.0 Å². The molecule has 0 bridgehead atoms. The Morgan fingerprint density at radius 3 is 2.26 bits per heavy atom. The lowest BCUT2D eigenvalue weighted by Crippen LogP contribution is -2.05. The number of hydrogen-bond donors (Lipinski definition) is 3. The maximum atomic E-state index is 11.3. The molecule has 0 aliphatic carbocycles. The summed E-state index contributed by atoms with van der Waals surface area (Å²) < 4.78 is 5.73. The number of nitrogens with zero attached hydrogens (tertiary/aromatic N) is 1. The minimum atomic E-state index is -1.19. The van der Waals surface area contributed by atoms with Crippen LogP contribution in [0, 0.1) is 0 Å². The highest BCUT2D eigenvalue weighted by molar-refractivity contribution is 7.81. The third kappa shape index (κ3) is 4.32. The van der Waals surface area contributed by atoms with Crippen LogP contribution in [0.2, 0.25) is 5.02 Å². The van der Waals surface area contributed by atoms with Crippen LogP contribution in [0.4, 0.5) is 5.69 Å². The first-order valence-corrected chi connectivity index (χ1v) is 8.80. The van der Waals surface area contributed by atoms with Gasteiger partial charge in [-0.15, -0.1) is 0 Å². The summed E-state index contributed by atoms with van der Waals surface area (Å²) >= 11 is 9.99. The molecular formula is C19H15ClN2O4S. The monoisotopic (exact) mass is 402 g/mol. The topological polar surface area (TPSA) is 92.4 Å². The predicted octanol–water partition coefficient (Wildman–Crippen LogP) is 4.68. The van der Waals surface area contributed by atoms with Gasteiger partial charge in [0.2, 0.25) is 11.8 Å². The molecule has 6 nitrogen and oxygen atoms in total. The number of carboxylic acids is 1. The molecule has 1 amide bonds. The van der Waals surface area contributed by atoms with Crippen molar-refractivity contribution in [2.24, 2.45) is 0 Å². The van der Waals surface area contributed by atoms with Crippen molar-refractivity contribution in [1.29, 1.82) is 0 Å². The Hall–Kier alpha value is -2.77. The van der Waals surface area contributed by atoms with E-state index in [4.69, 9.17) is 16.0 Å². The van der Waals surface area contributed by atoms with Crippen LogP contribution in [0.5, 0.6) is 0 Å². The van der Waals surface area contributed by atoms with Crippen LogP contribution in [0.15, 0.2) is 52.9 Å². The molecule has 3 rings (SSSR count). The minimum Gasteiger partial charge on any atom is -0.480 e. The Morgan fingerprint density at radius 1 is 1.11 bits per heavy atom. The zero-order chi connectivity index (χ0) is 19.6. The number of carboxylic acid groups (broad SMARTS) is 1. The molecule has 8 heteroatoms. The van der Waals surface area contributed by atoms with Crippen LogP contribution in [-0.2, 0) is 9.59 Å². The molecule has 0 spiro atoms. The summed E-state index contributed by atoms with van der Waals surface area (Å²) in [6, 6.07) is 13.9. The molecule has 2 aromatic carbocycles. The fourth-order valence-electron chi connectivity index (χ4n) is 2.47. The molecule has 2 N–H and O–H groups in total. The highest BCUT2D eigenvalue weighted by Crippen LogP contribution is 2.36. The molecular weight excluding hydrogens is 388 g/mol. The lowest BCUT2D eigenvalue weighted by molar-refractivity contribution is -0.136. The van der Waals surface area contributed by atoms with Crippen molar-refractivity contribution in [2.75, 3.05) is 5.32 Å². The SMILES string of the molecule is CC(=O)Nc1ccc(-c2nc(C(S)C(=O)O)oc2-c2ccc(Cl)cc2)cc1. The number of anilines is 1. The zero-order valence-electron chi connectivity index (χ0n) is 14.1. The number of amides is 1. The number of nitrogens with one attached hydrogen (secondary N) is 1. The van der Waals surface area contributed by atoms with Crippen LogP contribution in [0.25, 0.3) is 22.6 Å². The number of halogens is 1. The number of aromatic nitrogens is 1. The van der Waals surface area contributed by atoms with Gasteiger partial charge in [0, 0.05) is 28.8 Å². The third-order valence-corrected chi connectivity index (χ3v) is 4.39. The number of aliphatic carboxylic acids is 1. The van der Waals surface area contributed by atoms with Gasteiger partial charge in [-0.2, -0.15) is 12.6 Å². The highest BCUT2D eigenvalue weighted by Gasteiger charge is 2.25. The van der Waals surface area contributed by atoms with E-state index in [2.05, 4.69) is 22.9 Å². The quantitative estimate of drug-likeness (QED) is 0.539. The van der Waals surface area contributed by atoms with E-state index in [0.717, 1.165) is 0 Å². The molecule has 0 aliphatic rings. The van der Waals surface area contributed by atoms with Gasteiger partial charge in [-0.3, -0.25) is 9.59 Å². The first-order valence-electron chi connectivity index (χ1n) is 7.90. The van der Waals surface area contributed by atoms with Crippen molar-refractivity contribution in [3.05, 3.63) is 59.4 Å². The van der Waals surface area contributed by atoms with Crippen molar-refractivity contribution in [3.63, 3.8) is 0 Å². The Labute approximate surface area is 165 Å². The fraction of sp³-hybridized carbons (Fsp3) is 0.105. The molecule has 138 valence electrons. The molecule has 27 heavy (non-hydrogen) atoms. The maximum Gasteiger partial charge on any atom is 0.325 e. The summed E-state index contributed by atoms with van der Waals surface area (Å²) in [5, 5.41) is 11.3. The normalized spacial score (nSPS) is 11.8. The minimum absolute atomic E-state index is 0.0169. The average molecular weight is 403 g/mol. The van der Waals surface area contributed by atoms with Crippen molar-refractivity contribution in [1.82, 2.24) is 4.98 Å². The van der Waals surface area contributed by atoms with Crippen molar-refractivity contribution in [3.8, 4) is 22.6 Å². The van der Waals surface area contributed by atoms with Gasteiger partial charge in [-0.1, -0.05) is 23.7 Å². The van der Waals surface area contributed by atoms with E-state index < -0.39 is 11.2 Å². The fourth-order valence-corrected chi connectivity index (χ4v) is 2.70. The highest BCUT2D eigenvalue weighted by atomic mass is 35.5. The van der Waals surface area contributed by atoms with E-state index in [1.54, 1.807) is 48.5 Å². The molecule has 0 fully saturated rings. The van der Waals surface area contributed by atoms with E-state index in [-0.39, 0.29) is 11.8 Å². The smallest absolute Gasteiger partial charge is 0.325 e. The number of carbonyl (C=O) groups is 2. The van der Waals surface area contributed by atoms with Crippen LogP contribution in [0.1, 0.15) is 18.1 Å². The second-order valence-electron chi connectivity index (χ2n) is 5.74. The standard InChI is InChI=1S/C19H15ClN2O4S/c1-10(23)21-14-8-4-11(5-9-14)15-16(12-2-6-13(20)7-3-12)26-18(22-15)17(27)19(24)25/h2-9,17,27H,1H3,(H,21,23)(H,24,25). The first kappa shape index (κ1) is 19.0. The van der Waals surface area contributed by atoms with Crippen LogP contribution in [-0.4, -0.2) is 22.0 Å². The van der Waals surface area contributed by atoms with Crippen LogP contribution in [0.3, 0.4) is 0 Å². The second kappa shape index (κ2) is 7.85. The summed E-state index contributed by atoms with van der Waals surface area (Å²) in [7, 11) is 0. The largest absolute Gasteiger partial charge is 0.480 e. The van der Waals surface area contributed by atoms with Crippen LogP contribution >= 0.6 is 24.2 Å². The third-order valence-electron chi connectivity index (χ3n) is 3.70. The van der Waals surface area contributed by atoms with E-state index in [0.29, 0.717) is 33.3 Å². The van der Waals surface area contributed by atoms with E-state index in [1.807, 2.05) is 0 Å². The number of carbonyl (C=O) groups excluding carboxylic acids is 1. The van der Waals surface area contributed by atoms with E-state index in [1.165, 1.54) is 6.92 Å². The summed E-state index contributed by atoms with van der Waals surface area (Å²) in [5.74, 6) is -0.937. The summed E-state index contributed by atoms with van der Waals surface area (Å²) in [6.45, 7) is 1.43. The molecule has 1 unspecified atom stereocenters. The van der Waals surface area contributed by atoms with Gasteiger partial charge in [-0.25, -0.2) is 4.98 Å². The maximum absolute atomic E-state index is 11.3. The second-order valence-corrected chi connectivity index (χ2v) is 6.69. The van der Waals surface area contributed by atoms with Crippen molar-refractivity contribution < 1.29 is 19.1 Å².